The Morgan fingerprint density at radius 1 is 1.33 bits per heavy atom. The Morgan fingerprint density at radius 3 is 2.71 bits per heavy atom. The van der Waals surface area contributed by atoms with Crippen LogP contribution in [0.3, 0.4) is 0 Å². The highest BCUT2D eigenvalue weighted by molar-refractivity contribution is 5.85. The molecule has 2 aromatic rings. The van der Waals surface area contributed by atoms with Crippen LogP contribution in [-0.2, 0) is 0 Å². The second-order valence-corrected chi connectivity index (χ2v) is 5.70. The Bertz CT molecular complexity index is 633. The highest BCUT2D eigenvalue weighted by Gasteiger charge is 2.27. The van der Waals surface area contributed by atoms with E-state index in [1.54, 1.807) is 0 Å². The van der Waals surface area contributed by atoms with Crippen molar-refractivity contribution >= 4 is 12.1 Å². The minimum Gasteiger partial charge on any atom is -0.356 e. The van der Waals surface area contributed by atoms with Crippen LogP contribution in [0.4, 0.5) is 5.82 Å². The zero-order valence-corrected chi connectivity index (χ0v) is 12.6. The number of anilines is 1. The Labute approximate surface area is 125 Å². The van der Waals surface area contributed by atoms with Crippen molar-refractivity contribution in [1.29, 1.82) is 0 Å². The van der Waals surface area contributed by atoms with Crippen LogP contribution >= 0.6 is 0 Å². The molecule has 0 bridgehead atoms. The lowest BCUT2D eigenvalue weighted by Crippen LogP contribution is -2.23. The van der Waals surface area contributed by atoms with E-state index in [9.17, 15) is 4.79 Å². The Hall–Kier alpha value is -2.10. The first-order valence-corrected chi connectivity index (χ1v) is 7.59. The van der Waals surface area contributed by atoms with Crippen LogP contribution in [0.5, 0.6) is 0 Å². The van der Waals surface area contributed by atoms with Gasteiger partial charge in [-0.3, -0.25) is 4.79 Å². The van der Waals surface area contributed by atoms with Crippen LogP contribution < -0.4 is 4.90 Å². The van der Waals surface area contributed by atoms with Crippen molar-refractivity contribution in [3.63, 3.8) is 0 Å². The van der Waals surface area contributed by atoms with Gasteiger partial charge in [-0.2, -0.15) is 5.10 Å². The van der Waals surface area contributed by atoms with E-state index < -0.39 is 0 Å². The smallest absolute Gasteiger partial charge is 0.155 e. The highest BCUT2D eigenvalue weighted by atomic mass is 16.1. The van der Waals surface area contributed by atoms with Crippen molar-refractivity contribution < 1.29 is 4.79 Å². The number of aromatic nitrogens is 2. The van der Waals surface area contributed by atoms with Gasteiger partial charge in [0.1, 0.15) is 5.82 Å². The van der Waals surface area contributed by atoms with Crippen LogP contribution in [0.2, 0.25) is 0 Å². The number of para-hydroxylation sites is 1. The van der Waals surface area contributed by atoms with Gasteiger partial charge in [-0.1, -0.05) is 31.5 Å². The molecule has 0 aliphatic carbocycles. The maximum atomic E-state index is 11.5. The third-order valence-electron chi connectivity index (χ3n) is 4.36. The Kier molecular flexibility index (Phi) is 3.78. The largest absolute Gasteiger partial charge is 0.356 e. The molecule has 1 aromatic heterocycles. The van der Waals surface area contributed by atoms with E-state index in [0.29, 0.717) is 5.92 Å². The molecule has 1 unspecified atom stereocenters. The van der Waals surface area contributed by atoms with Crippen LogP contribution in [0.1, 0.15) is 35.8 Å². The Balaban J connectivity index is 2.07. The van der Waals surface area contributed by atoms with E-state index in [4.69, 9.17) is 0 Å². The van der Waals surface area contributed by atoms with Gasteiger partial charge < -0.3 is 4.90 Å². The third kappa shape index (κ3) is 2.46. The average molecular weight is 283 g/mol. The summed E-state index contributed by atoms with van der Waals surface area (Å²) in [7, 11) is 0. The molecule has 1 fully saturated rings. The van der Waals surface area contributed by atoms with Gasteiger partial charge in [-0.05, 0) is 31.4 Å². The predicted molar refractivity (Wildman–Crippen MR) is 84.3 cm³/mol. The fraction of sp³-hybridized carbons (Fsp3) is 0.412. The SMILES string of the molecule is CCC1CCN(c2c(C=O)c(C)nn2-c2ccccc2)C1. The summed E-state index contributed by atoms with van der Waals surface area (Å²) in [6.07, 6.45) is 3.32. The molecule has 1 atom stereocenters. The van der Waals surface area contributed by atoms with E-state index in [0.717, 1.165) is 42.1 Å². The molecule has 1 aliphatic rings. The zero-order chi connectivity index (χ0) is 14.8. The standard InChI is InChI=1S/C17H21N3O/c1-3-14-9-10-19(11-14)17-16(12-21)13(2)18-20(17)15-7-5-4-6-8-15/h4-8,12,14H,3,9-11H2,1-2H3. The van der Waals surface area contributed by atoms with E-state index >= 15 is 0 Å². The third-order valence-corrected chi connectivity index (χ3v) is 4.36. The lowest BCUT2D eigenvalue weighted by atomic mass is 10.1. The van der Waals surface area contributed by atoms with E-state index in [-0.39, 0.29) is 0 Å². The molecule has 21 heavy (non-hydrogen) atoms. The summed E-state index contributed by atoms with van der Waals surface area (Å²) in [5, 5.41) is 4.59. The molecule has 0 N–H and O–H groups in total. The monoisotopic (exact) mass is 283 g/mol. The molecule has 0 saturated carbocycles. The van der Waals surface area contributed by atoms with Gasteiger partial charge in [-0.15, -0.1) is 0 Å². The summed E-state index contributed by atoms with van der Waals surface area (Å²) in [4.78, 5) is 13.8. The summed E-state index contributed by atoms with van der Waals surface area (Å²) in [5.74, 6) is 1.66. The van der Waals surface area contributed by atoms with Gasteiger partial charge in [0.05, 0.1) is 16.9 Å². The van der Waals surface area contributed by atoms with Crippen LogP contribution in [0, 0.1) is 12.8 Å². The molecule has 0 radical (unpaired) electrons. The molecular weight excluding hydrogens is 262 g/mol. The van der Waals surface area contributed by atoms with Gasteiger partial charge in [0.2, 0.25) is 0 Å². The first-order valence-electron chi connectivity index (χ1n) is 7.59. The van der Waals surface area contributed by atoms with Gasteiger partial charge in [0, 0.05) is 13.1 Å². The van der Waals surface area contributed by atoms with Crippen molar-refractivity contribution in [3.8, 4) is 5.69 Å². The minimum atomic E-state index is 0.712. The lowest BCUT2D eigenvalue weighted by Gasteiger charge is -2.20. The molecule has 3 rings (SSSR count). The fourth-order valence-corrected chi connectivity index (χ4v) is 3.08. The molecule has 110 valence electrons. The van der Waals surface area contributed by atoms with Crippen molar-refractivity contribution in [2.75, 3.05) is 18.0 Å². The maximum absolute atomic E-state index is 11.5. The van der Waals surface area contributed by atoms with E-state index in [2.05, 4.69) is 16.9 Å². The van der Waals surface area contributed by atoms with E-state index in [1.807, 2.05) is 41.9 Å². The number of carbonyl (C=O) groups excluding carboxylic acids is 1. The first-order chi connectivity index (χ1) is 10.2. The van der Waals surface area contributed by atoms with Crippen LogP contribution in [0.25, 0.3) is 5.69 Å². The molecule has 4 heteroatoms. The van der Waals surface area contributed by atoms with Gasteiger partial charge in [0.25, 0.3) is 0 Å². The summed E-state index contributed by atoms with van der Waals surface area (Å²) >= 11 is 0. The highest BCUT2D eigenvalue weighted by Crippen LogP contribution is 2.31. The van der Waals surface area contributed by atoms with Gasteiger partial charge in [0.15, 0.2) is 6.29 Å². The second-order valence-electron chi connectivity index (χ2n) is 5.70. The van der Waals surface area contributed by atoms with E-state index in [1.165, 1.54) is 12.8 Å². The van der Waals surface area contributed by atoms with Crippen molar-refractivity contribution in [3.05, 3.63) is 41.6 Å². The Morgan fingerprint density at radius 2 is 2.10 bits per heavy atom. The van der Waals surface area contributed by atoms with Crippen LogP contribution in [0.15, 0.2) is 30.3 Å². The zero-order valence-electron chi connectivity index (χ0n) is 12.6. The number of benzene rings is 1. The summed E-state index contributed by atoms with van der Waals surface area (Å²) in [6.45, 7) is 6.14. The molecule has 1 saturated heterocycles. The maximum Gasteiger partial charge on any atom is 0.155 e. The number of aryl methyl sites for hydroxylation is 1. The first kappa shape index (κ1) is 13.9. The minimum absolute atomic E-state index is 0.712. The normalized spacial score (nSPS) is 18.2. The second kappa shape index (κ2) is 5.72. The molecule has 1 aromatic carbocycles. The van der Waals surface area contributed by atoms with Crippen molar-refractivity contribution in [1.82, 2.24) is 9.78 Å². The van der Waals surface area contributed by atoms with Crippen molar-refractivity contribution in [2.45, 2.75) is 26.7 Å². The fourth-order valence-electron chi connectivity index (χ4n) is 3.08. The number of nitrogens with zero attached hydrogens (tertiary/aromatic N) is 3. The number of carbonyl (C=O) groups is 1. The molecule has 2 heterocycles. The molecule has 4 nitrogen and oxygen atoms in total. The number of rotatable bonds is 4. The number of aldehydes is 1. The summed E-state index contributed by atoms with van der Waals surface area (Å²) in [6, 6.07) is 10.0. The predicted octanol–water partition coefficient (Wildman–Crippen LogP) is 3.23. The van der Waals surface area contributed by atoms with Crippen LogP contribution in [-0.4, -0.2) is 29.2 Å². The summed E-state index contributed by atoms with van der Waals surface area (Å²) < 4.78 is 1.91. The summed E-state index contributed by atoms with van der Waals surface area (Å²) in [5.41, 5.74) is 2.52. The van der Waals surface area contributed by atoms with Gasteiger partial charge >= 0.3 is 0 Å². The molecular formula is C17H21N3O. The lowest BCUT2D eigenvalue weighted by molar-refractivity contribution is 0.112. The van der Waals surface area contributed by atoms with Gasteiger partial charge in [-0.25, -0.2) is 4.68 Å². The average Bonchev–Trinajstić information content (AvgIpc) is 3.11. The molecule has 0 amide bonds. The topological polar surface area (TPSA) is 38.1 Å². The number of hydrogen-bond acceptors (Lipinski definition) is 3. The van der Waals surface area contributed by atoms with Crippen molar-refractivity contribution in [2.24, 2.45) is 5.92 Å². The molecule has 1 aliphatic heterocycles. The molecule has 0 spiro atoms. The number of hydrogen-bond donors (Lipinski definition) is 0. The quantitative estimate of drug-likeness (QED) is 0.809.